The van der Waals surface area contributed by atoms with E-state index in [0.717, 1.165) is 0 Å². The van der Waals surface area contributed by atoms with Gasteiger partial charge in [-0.05, 0) is 5.54 Å². The molecule has 0 bridgehead atoms. The highest BCUT2D eigenvalue weighted by Crippen LogP contribution is 2.44. The zero-order valence-corrected chi connectivity index (χ0v) is 11.5. The third-order valence-electron chi connectivity index (χ3n) is 4.24. The lowest BCUT2D eigenvalue weighted by Crippen LogP contribution is -2.40. The molecule has 15 heavy (non-hydrogen) atoms. The van der Waals surface area contributed by atoms with E-state index in [2.05, 4.69) is 20.8 Å². The predicted octanol–water partition coefficient (Wildman–Crippen LogP) is 4.55. The molecule has 0 saturated carbocycles. The van der Waals surface area contributed by atoms with Crippen molar-refractivity contribution < 1.29 is 0 Å². The Kier molecular flexibility index (Phi) is 7.53. The van der Waals surface area contributed by atoms with Crippen LogP contribution in [0.25, 0.3) is 0 Å². The van der Waals surface area contributed by atoms with Gasteiger partial charge in [-0.15, -0.1) is 0 Å². The highest BCUT2D eigenvalue weighted by molar-refractivity contribution is 6.81. The lowest BCUT2D eigenvalue weighted by Gasteiger charge is -2.41. The zero-order chi connectivity index (χ0) is 11.7. The average molecular weight is 228 g/mol. The molecule has 0 spiro atoms. The van der Waals surface area contributed by atoms with Crippen LogP contribution in [0.15, 0.2) is 0 Å². The highest BCUT2D eigenvalue weighted by Gasteiger charge is 2.38. The second-order valence-corrected chi connectivity index (χ2v) is 9.99. The summed E-state index contributed by atoms with van der Waals surface area (Å²) in [6, 6.07) is 4.72. The molecule has 0 aromatic heterocycles. The van der Waals surface area contributed by atoms with Gasteiger partial charge >= 0.3 is 0 Å². The second-order valence-electron chi connectivity index (χ2n) is 4.53. The van der Waals surface area contributed by atoms with Crippen LogP contribution in [0.3, 0.4) is 0 Å². The Hall–Kier alpha value is -0.473. The number of rotatable bonds is 3. The summed E-state index contributed by atoms with van der Waals surface area (Å²) < 4.78 is 0. The fourth-order valence-corrected chi connectivity index (χ4v) is 8.60. The van der Waals surface area contributed by atoms with Crippen molar-refractivity contribution in [1.82, 2.24) is 4.91 Å². The minimum atomic E-state index is -0.760. The van der Waals surface area contributed by atoms with E-state index < -0.39 is 8.07 Å². The Morgan fingerprint density at radius 3 is 2.00 bits per heavy atom. The number of hydrogen-bond acceptors (Lipinski definition) is 2. The highest BCUT2D eigenvalue weighted by atomic mass is 28.3. The first kappa shape index (κ1) is 14.5. The fourth-order valence-electron chi connectivity index (χ4n) is 3.20. The van der Waals surface area contributed by atoms with Crippen LogP contribution in [0.5, 0.6) is 0 Å². The Labute approximate surface area is 94.7 Å². The minimum absolute atomic E-state index is 0.760. The van der Waals surface area contributed by atoms with Crippen molar-refractivity contribution in [1.29, 1.82) is 11.1 Å². The summed E-state index contributed by atoms with van der Waals surface area (Å²) in [5.41, 5.74) is 12.2. The van der Waals surface area contributed by atoms with Gasteiger partial charge in [0.1, 0.15) is 11.1 Å². The van der Waals surface area contributed by atoms with Crippen LogP contribution in [-0.2, 0) is 0 Å². The second kappa shape index (κ2) is 7.77. The molecule has 1 unspecified atom stereocenters. The van der Waals surface area contributed by atoms with Crippen LogP contribution in [-0.4, -0.2) is 8.07 Å². The molecule has 0 aromatic rings. The standard InChI is InChI=1S/C11H24Si.H2N3/c1-4-11-9-7-8-10-12(11,5-2)6-3;1-3-2/h11H,4-10H2,1-3H3;1-2H/q;+1. The predicted molar refractivity (Wildman–Crippen MR) is 67.0 cm³/mol. The van der Waals surface area contributed by atoms with Gasteiger partial charge in [0.2, 0.25) is 4.91 Å². The van der Waals surface area contributed by atoms with Crippen molar-refractivity contribution in [2.75, 3.05) is 0 Å². The summed E-state index contributed by atoms with van der Waals surface area (Å²) in [7, 11) is -0.760. The van der Waals surface area contributed by atoms with Crippen molar-refractivity contribution >= 4 is 8.07 Å². The van der Waals surface area contributed by atoms with Crippen molar-refractivity contribution in [2.45, 2.75) is 70.1 Å². The minimum Gasteiger partial charge on any atom is -0.0678 e. The third kappa shape index (κ3) is 3.88. The van der Waals surface area contributed by atoms with E-state index in [-0.39, 0.29) is 0 Å². The SMILES string of the molecule is CCC1CCCC[Si]1(CC)CC.N=[N+]=N. The first-order valence-electron chi connectivity index (χ1n) is 6.23. The van der Waals surface area contributed by atoms with Gasteiger partial charge in [0.05, 0.1) is 8.07 Å². The third-order valence-corrected chi connectivity index (χ3v) is 10.8. The van der Waals surface area contributed by atoms with Crippen LogP contribution in [0.4, 0.5) is 0 Å². The van der Waals surface area contributed by atoms with Crippen LogP contribution in [0.2, 0.25) is 23.7 Å². The van der Waals surface area contributed by atoms with Gasteiger partial charge in [-0.1, -0.05) is 64.6 Å². The molecule has 2 N–H and O–H groups in total. The Morgan fingerprint density at radius 1 is 1.13 bits per heavy atom. The molecule has 0 aliphatic carbocycles. The van der Waals surface area contributed by atoms with Gasteiger partial charge in [-0.3, -0.25) is 0 Å². The number of nitrogens with zero attached hydrogens (tertiary/aromatic N) is 1. The van der Waals surface area contributed by atoms with Crippen LogP contribution < -0.4 is 4.91 Å². The molecule has 3 nitrogen and oxygen atoms in total. The number of hydrogen-bond donors (Lipinski definition) is 2. The van der Waals surface area contributed by atoms with Crippen LogP contribution in [0, 0.1) is 11.1 Å². The normalized spacial score (nSPS) is 23.5. The average Bonchev–Trinajstić information content (AvgIpc) is 2.29. The molecule has 1 aliphatic heterocycles. The summed E-state index contributed by atoms with van der Waals surface area (Å²) in [4.78, 5) is 2.00. The largest absolute Gasteiger partial charge is 0.211 e. The molecular weight excluding hydrogens is 202 g/mol. The summed E-state index contributed by atoms with van der Waals surface area (Å²) in [5, 5.41) is 0. The number of nitrogens with one attached hydrogen (secondary N) is 2. The topological polar surface area (TPSA) is 61.8 Å². The van der Waals surface area contributed by atoms with Gasteiger partial charge in [0.15, 0.2) is 0 Å². The van der Waals surface area contributed by atoms with Gasteiger partial charge in [0.25, 0.3) is 0 Å². The zero-order valence-electron chi connectivity index (χ0n) is 10.5. The Bertz CT molecular complexity index is 196. The quantitative estimate of drug-likeness (QED) is 0.404. The van der Waals surface area contributed by atoms with Gasteiger partial charge < -0.3 is 0 Å². The molecule has 0 radical (unpaired) electrons. The van der Waals surface area contributed by atoms with E-state index in [4.69, 9.17) is 11.1 Å². The van der Waals surface area contributed by atoms with Gasteiger partial charge in [-0.2, -0.15) is 0 Å². The molecule has 1 saturated heterocycles. The molecule has 1 atom stereocenters. The molecule has 1 rings (SSSR count). The maximum atomic E-state index is 5.50. The van der Waals surface area contributed by atoms with E-state index in [9.17, 15) is 0 Å². The first-order valence-corrected chi connectivity index (χ1v) is 8.93. The first-order chi connectivity index (χ1) is 7.20. The molecule has 1 aliphatic rings. The van der Waals surface area contributed by atoms with Crippen LogP contribution in [0.1, 0.15) is 46.5 Å². The summed E-state index contributed by atoms with van der Waals surface area (Å²) in [5.74, 6) is 0. The van der Waals surface area contributed by atoms with Crippen LogP contribution >= 0.6 is 0 Å². The van der Waals surface area contributed by atoms with E-state index in [1.54, 1.807) is 31.0 Å². The van der Waals surface area contributed by atoms with E-state index >= 15 is 0 Å². The molecule has 88 valence electrons. The molecule has 0 aromatic carbocycles. The lowest BCUT2D eigenvalue weighted by atomic mass is 10.1. The molecular formula is C11H26N3Si+. The maximum Gasteiger partial charge on any atom is 0.211 e. The fraction of sp³-hybridized carbons (Fsp3) is 1.00. The summed E-state index contributed by atoms with van der Waals surface area (Å²) >= 11 is 0. The summed E-state index contributed by atoms with van der Waals surface area (Å²) in [6.45, 7) is 7.30. The Morgan fingerprint density at radius 2 is 1.67 bits per heavy atom. The van der Waals surface area contributed by atoms with Crippen molar-refractivity contribution in [3.63, 3.8) is 0 Å². The molecule has 4 heteroatoms. The summed E-state index contributed by atoms with van der Waals surface area (Å²) in [6.07, 6.45) is 6.09. The van der Waals surface area contributed by atoms with E-state index in [0.29, 0.717) is 0 Å². The lowest BCUT2D eigenvalue weighted by molar-refractivity contribution is 0.584. The molecule has 1 heterocycles. The molecule has 1 fully saturated rings. The van der Waals surface area contributed by atoms with Crippen molar-refractivity contribution in [3.8, 4) is 0 Å². The molecule has 0 amide bonds. The van der Waals surface area contributed by atoms with Gasteiger partial charge in [-0.25, -0.2) is 0 Å². The van der Waals surface area contributed by atoms with Crippen molar-refractivity contribution in [2.24, 2.45) is 0 Å². The van der Waals surface area contributed by atoms with E-state index in [1.165, 1.54) is 18.4 Å². The Balaban J connectivity index is 0.000000583. The monoisotopic (exact) mass is 228 g/mol. The smallest absolute Gasteiger partial charge is 0.0678 e. The van der Waals surface area contributed by atoms with E-state index in [1.807, 2.05) is 4.91 Å². The van der Waals surface area contributed by atoms with Crippen molar-refractivity contribution in [3.05, 3.63) is 0 Å². The van der Waals surface area contributed by atoms with Gasteiger partial charge in [0, 0.05) is 0 Å². The maximum absolute atomic E-state index is 5.50.